The van der Waals surface area contributed by atoms with Crippen LogP contribution >= 0.6 is 0 Å². The van der Waals surface area contributed by atoms with Crippen molar-refractivity contribution in [3.63, 3.8) is 0 Å². The number of rotatable bonds is 4. The largest absolute Gasteiger partial charge is 0.524 e. The molecule has 0 N–H and O–H groups in total. The fraction of sp³-hybridized carbons (Fsp3) is 0.333. The highest BCUT2D eigenvalue weighted by Gasteiger charge is 2.57. The highest BCUT2D eigenvalue weighted by atomic mass is 32.3. The highest BCUT2D eigenvalue weighted by molar-refractivity contribution is 8.00. The lowest BCUT2D eigenvalue weighted by Crippen LogP contribution is -2.34. The van der Waals surface area contributed by atoms with E-state index in [-0.39, 0.29) is 0 Å². The number of halogens is 6. The Morgan fingerprint density at radius 2 is 0.848 bits per heavy atom. The summed E-state index contributed by atoms with van der Waals surface area (Å²) < 4.78 is 122. The van der Waals surface area contributed by atoms with Crippen LogP contribution in [0.5, 0.6) is 0 Å². The van der Waals surface area contributed by atoms with Crippen LogP contribution in [0, 0.1) is 0 Å². The average molecular weight is 545 g/mol. The van der Waals surface area contributed by atoms with Crippen LogP contribution in [0.25, 0.3) is 0 Å². The average Bonchev–Trinajstić information content (AvgIpc) is 2.75. The van der Waals surface area contributed by atoms with Crippen molar-refractivity contribution in [3.8, 4) is 0 Å². The summed E-state index contributed by atoms with van der Waals surface area (Å²) in [5.74, 6) is 0. The molecular formula is C18H22F6O6S3. The minimum absolute atomic E-state index is 0.846. The third-order valence-electron chi connectivity index (χ3n) is 2.66. The first-order valence-corrected chi connectivity index (χ1v) is 12.9. The number of hydrogen-bond acceptors (Lipinski definition) is 6. The number of alkyl halides is 6. The van der Waals surface area contributed by atoms with Crippen LogP contribution < -0.4 is 0 Å². The van der Waals surface area contributed by atoms with Crippen molar-refractivity contribution >= 4 is 31.0 Å². The predicted octanol–water partition coefficient (Wildman–Crippen LogP) is 5.61. The van der Waals surface area contributed by atoms with Gasteiger partial charge in [-0.1, -0.05) is 64.1 Å². The molecule has 2 aromatic rings. The van der Waals surface area contributed by atoms with E-state index in [0.717, 1.165) is 9.79 Å². The molecule has 0 bridgehead atoms. The van der Waals surface area contributed by atoms with E-state index in [1.165, 1.54) is 0 Å². The second kappa shape index (κ2) is 14.3. The summed E-state index contributed by atoms with van der Waals surface area (Å²) in [6.07, 6.45) is 0. The lowest BCUT2D eigenvalue weighted by atomic mass is 10.4. The van der Waals surface area contributed by atoms with Gasteiger partial charge in [-0.2, -0.15) is 43.2 Å². The van der Waals surface area contributed by atoms with E-state index in [4.69, 9.17) is 0 Å². The maximum atomic E-state index is 12.0. The molecule has 0 amide bonds. The topological polar surface area (TPSA) is 94.6 Å². The fourth-order valence-electron chi connectivity index (χ4n) is 1.42. The Balaban J connectivity index is 0. The zero-order chi connectivity index (χ0) is 26.5. The van der Waals surface area contributed by atoms with Gasteiger partial charge in [-0.05, 0) is 24.3 Å². The standard InChI is InChI=1S/C12H10OS.C2F6O5S2.2C2H6/c13-14(11-7-3-1-4-8-11)12-9-5-2-6-10-12;3-1(4,5)14(9,10)13-15(11,12)2(6,7)8;2*1-2/h1-10H;;2*1-2H3. The van der Waals surface area contributed by atoms with Gasteiger partial charge in [0, 0.05) is 9.79 Å². The fourth-order valence-corrected chi connectivity index (χ4v) is 4.06. The molecule has 0 radical (unpaired) electrons. The Bertz CT molecular complexity index is 953. The highest BCUT2D eigenvalue weighted by Crippen LogP contribution is 2.32. The molecule has 0 heterocycles. The molecule has 0 atom stereocenters. The Morgan fingerprint density at radius 1 is 0.606 bits per heavy atom. The van der Waals surface area contributed by atoms with E-state index in [2.05, 4.69) is 0 Å². The first kappa shape index (κ1) is 33.2. The Labute approximate surface area is 191 Å². The monoisotopic (exact) mass is 544 g/mol. The van der Waals surface area contributed by atoms with Crippen LogP contribution in [-0.4, -0.2) is 32.1 Å². The van der Waals surface area contributed by atoms with Crippen molar-refractivity contribution in [3.05, 3.63) is 60.7 Å². The zero-order valence-corrected chi connectivity index (χ0v) is 20.2. The quantitative estimate of drug-likeness (QED) is 0.367. The van der Waals surface area contributed by atoms with Gasteiger partial charge in [0.15, 0.2) is 0 Å². The Morgan fingerprint density at radius 3 is 1.06 bits per heavy atom. The normalized spacial score (nSPS) is 11.7. The summed E-state index contributed by atoms with van der Waals surface area (Å²) in [6.45, 7) is 8.00. The molecule has 0 spiro atoms. The number of benzene rings is 2. The molecule has 0 aromatic heterocycles. The van der Waals surface area contributed by atoms with Crippen molar-refractivity contribution in [2.45, 2.75) is 48.5 Å². The molecule has 0 saturated carbocycles. The van der Waals surface area contributed by atoms with Crippen molar-refractivity contribution in [2.75, 3.05) is 0 Å². The summed E-state index contributed by atoms with van der Waals surface area (Å²) in [7, 11) is -14.7. The van der Waals surface area contributed by atoms with Crippen LogP contribution in [0.1, 0.15) is 27.7 Å². The maximum Gasteiger partial charge on any atom is 0.524 e. The van der Waals surface area contributed by atoms with Gasteiger partial charge in [0.05, 0.1) is 10.8 Å². The molecule has 0 unspecified atom stereocenters. The smallest absolute Gasteiger partial charge is 0.249 e. The molecule has 6 nitrogen and oxygen atoms in total. The van der Waals surface area contributed by atoms with Gasteiger partial charge in [0.2, 0.25) is 0 Å². The first-order valence-electron chi connectivity index (χ1n) is 8.94. The van der Waals surface area contributed by atoms with Gasteiger partial charge in [-0.25, -0.2) is 4.21 Å². The van der Waals surface area contributed by atoms with Crippen molar-refractivity contribution in [1.82, 2.24) is 0 Å². The molecule has 15 heteroatoms. The van der Waals surface area contributed by atoms with Crippen LogP contribution in [0.4, 0.5) is 26.3 Å². The van der Waals surface area contributed by atoms with Gasteiger partial charge in [0.1, 0.15) is 0 Å². The third kappa shape index (κ3) is 11.1. The lowest BCUT2D eigenvalue weighted by Gasteiger charge is -2.09. The molecule has 190 valence electrons. The van der Waals surface area contributed by atoms with Crippen LogP contribution in [0.3, 0.4) is 0 Å². The van der Waals surface area contributed by atoms with Gasteiger partial charge < -0.3 is 0 Å². The molecule has 2 rings (SSSR count). The van der Waals surface area contributed by atoms with E-state index < -0.39 is 42.1 Å². The SMILES string of the molecule is CC.CC.O=S(=O)(OS(=O)(=O)C(F)(F)F)C(F)(F)F.O=S(c1ccccc1)c1ccccc1. The van der Waals surface area contributed by atoms with Gasteiger partial charge in [0.25, 0.3) is 0 Å². The van der Waals surface area contributed by atoms with Crippen LogP contribution in [0.2, 0.25) is 0 Å². The first-order chi connectivity index (χ1) is 15.1. The molecule has 0 fully saturated rings. The summed E-state index contributed by atoms with van der Waals surface area (Å²) >= 11 is 0. The Kier molecular flexibility index (Phi) is 14.4. The van der Waals surface area contributed by atoms with Crippen LogP contribution in [0.15, 0.2) is 70.5 Å². The summed E-state index contributed by atoms with van der Waals surface area (Å²) in [5, 5.41) is 0. The predicted molar refractivity (Wildman–Crippen MR) is 111 cm³/mol. The second-order valence-electron chi connectivity index (χ2n) is 4.76. The number of hydrogen-bond donors (Lipinski definition) is 0. The van der Waals surface area contributed by atoms with E-state index in [0.29, 0.717) is 0 Å². The molecule has 0 aliphatic heterocycles. The summed E-state index contributed by atoms with van der Waals surface area (Å²) in [5.41, 5.74) is -12.5. The van der Waals surface area contributed by atoms with E-state index in [1.54, 1.807) is 0 Å². The molecule has 2 aromatic carbocycles. The summed E-state index contributed by atoms with van der Waals surface area (Å²) in [6, 6.07) is 19.0. The van der Waals surface area contributed by atoms with Crippen molar-refractivity contribution in [1.29, 1.82) is 0 Å². The van der Waals surface area contributed by atoms with E-state index in [9.17, 15) is 47.4 Å². The third-order valence-corrected chi connectivity index (χ3v) is 6.63. The maximum absolute atomic E-state index is 12.0. The second-order valence-corrected chi connectivity index (χ2v) is 9.53. The van der Waals surface area contributed by atoms with E-state index in [1.807, 2.05) is 92.0 Å². The van der Waals surface area contributed by atoms with Crippen molar-refractivity contribution < 1.29 is 51.0 Å². The summed E-state index contributed by atoms with van der Waals surface area (Å²) in [4.78, 5) is 1.69. The minimum atomic E-state index is -6.85. The molecule has 0 aliphatic rings. The van der Waals surface area contributed by atoms with Crippen LogP contribution in [-0.2, 0) is 34.7 Å². The van der Waals surface area contributed by atoms with Gasteiger partial charge >= 0.3 is 31.3 Å². The van der Waals surface area contributed by atoms with Gasteiger partial charge in [-0.3, -0.25) is 0 Å². The molecule has 0 aliphatic carbocycles. The van der Waals surface area contributed by atoms with Gasteiger partial charge in [-0.15, -0.1) is 3.63 Å². The minimum Gasteiger partial charge on any atom is -0.249 e. The molecule has 0 saturated heterocycles. The van der Waals surface area contributed by atoms with E-state index >= 15 is 0 Å². The zero-order valence-electron chi connectivity index (χ0n) is 17.7. The molecule has 33 heavy (non-hydrogen) atoms. The molecular weight excluding hydrogens is 522 g/mol. The Hall–Kier alpha value is -1.97. The lowest BCUT2D eigenvalue weighted by molar-refractivity contribution is -0.0585. The van der Waals surface area contributed by atoms with Crippen molar-refractivity contribution in [2.24, 2.45) is 0 Å².